The molecule has 0 saturated heterocycles. The van der Waals surface area contributed by atoms with Crippen molar-refractivity contribution in [2.24, 2.45) is 0 Å². The molecule has 0 saturated carbocycles. The van der Waals surface area contributed by atoms with E-state index in [1.807, 2.05) is 0 Å². The van der Waals surface area contributed by atoms with Gasteiger partial charge in [0.2, 0.25) is 0 Å². The summed E-state index contributed by atoms with van der Waals surface area (Å²) in [6.45, 7) is 3.92. The van der Waals surface area contributed by atoms with Crippen molar-refractivity contribution in [3.05, 3.63) is 158 Å². The Balaban J connectivity index is 3.48. The van der Waals surface area contributed by atoms with Crippen LogP contribution < -0.4 is 0 Å². The molecule has 0 aliphatic rings. The molecule has 0 heterocycles. The first-order chi connectivity index (χ1) is 42.6. The number of rotatable bonds is 65. The smallest absolute Gasteiger partial charge is 0.306 e. The number of carbonyl (C=O) groups excluding carboxylic acids is 2. The van der Waals surface area contributed by atoms with Crippen LogP contribution in [0.2, 0.25) is 0 Å². The third-order valence-electron chi connectivity index (χ3n) is 15.3. The predicted molar refractivity (Wildman–Crippen MR) is 380 cm³/mol. The van der Waals surface area contributed by atoms with Crippen LogP contribution >= 0.6 is 0 Å². The van der Waals surface area contributed by atoms with Crippen LogP contribution in [0.15, 0.2) is 158 Å². The lowest BCUT2D eigenvalue weighted by molar-refractivity contribution is -0.161. The van der Waals surface area contributed by atoms with Crippen molar-refractivity contribution in [2.75, 3.05) is 13.2 Å². The van der Waals surface area contributed by atoms with Gasteiger partial charge in [-0.15, -0.1) is 0 Å². The van der Waals surface area contributed by atoms with Crippen LogP contribution in [0.25, 0.3) is 0 Å². The lowest BCUT2D eigenvalue weighted by Crippen LogP contribution is -2.28. The number of carbonyl (C=O) groups is 2. The van der Waals surface area contributed by atoms with Crippen molar-refractivity contribution in [2.45, 2.75) is 328 Å². The number of allylic oxidation sites excluding steroid dienone is 26. The highest BCUT2D eigenvalue weighted by molar-refractivity contribution is 5.70. The van der Waals surface area contributed by atoms with Gasteiger partial charge < -0.3 is 14.6 Å². The van der Waals surface area contributed by atoms with E-state index in [0.29, 0.717) is 12.8 Å². The summed E-state index contributed by atoms with van der Waals surface area (Å²) in [6.07, 6.45) is 114. The predicted octanol–water partition coefficient (Wildman–Crippen LogP) is 25.4. The summed E-state index contributed by atoms with van der Waals surface area (Å²) in [6, 6.07) is 0. The summed E-state index contributed by atoms with van der Waals surface area (Å²) < 4.78 is 10.8. The lowest BCUT2D eigenvalue weighted by Gasteiger charge is -2.15. The molecule has 0 bridgehead atoms. The monoisotopic (exact) mass is 1190 g/mol. The molecule has 1 unspecified atom stereocenters. The molecule has 0 aromatic rings. The van der Waals surface area contributed by atoms with Gasteiger partial charge in [0.25, 0.3) is 0 Å². The molecule has 5 nitrogen and oxygen atoms in total. The van der Waals surface area contributed by atoms with Crippen LogP contribution in [-0.4, -0.2) is 36.4 Å². The Morgan fingerprint density at radius 2 is 0.465 bits per heavy atom. The summed E-state index contributed by atoms with van der Waals surface area (Å²) in [4.78, 5) is 24.7. The van der Waals surface area contributed by atoms with E-state index < -0.39 is 6.10 Å². The molecule has 488 valence electrons. The second-order valence-corrected chi connectivity index (χ2v) is 23.6. The Hall–Kier alpha value is -4.48. The first-order valence-electron chi connectivity index (χ1n) is 36.0. The number of hydrogen-bond donors (Lipinski definition) is 1. The molecule has 0 radical (unpaired) electrons. The van der Waals surface area contributed by atoms with Crippen LogP contribution in [0.1, 0.15) is 322 Å². The number of aliphatic hydroxyl groups is 1. The van der Waals surface area contributed by atoms with Crippen LogP contribution in [0.4, 0.5) is 0 Å². The zero-order chi connectivity index (χ0) is 61.9. The number of ether oxygens (including phenoxy) is 2. The van der Waals surface area contributed by atoms with Gasteiger partial charge >= 0.3 is 11.9 Å². The van der Waals surface area contributed by atoms with Crippen molar-refractivity contribution in [1.82, 2.24) is 0 Å². The molecule has 0 amide bonds. The Kier molecular flexibility index (Phi) is 70.9. The summed E-state index contributed by atoms with van der Waals surface area (Å²) in [5.41, 5.74) is 0. The quantitative estimate of drug-likeness (QED) is 0.0373. The van der Waals surface area contributed by atoms with Crippen LogP contribution in [0.3, 0.4) is 0 Å². The van der Waals surface area contributed by atoms with Gasteiger partial charge in [-0.25, -0.2) is 0 Å². The molecule has 0 aromatic heterocycles. The van der Waals surface area contributed by atoms with Gasteiger partial charge in [0.15, 0.2) is 6.10 Å². The van der Waals surface area contributed by atoms with Gasteiger partial charge in [0, 0.05) is 12.8 Å². The van der Waals surface area contributed by atoms with E-state index in [4.69, 9.17) is 9.47 Å². The largest absolute Gasteiger partial charge is 0.462 e. The topological polar surface area (TPSA) is 72.8 Å². The first kappa shape index (κ1) is 81.5. The Bertz CT molecular complexity index is 1830. The van der Waals surface area contributed by atoms with E-state index in [1.54, 1.807) is 0 Å². The van der Waals surface area contributed by atoms with E-state index in [1.165, 1.54) is 167 Å². The maximum atomic E-state index is 12.4. The third-order valence-corrected chi connectivity index (χ3v) is 15.3. The molecule has 5 heteroatoms. The highest BCUT2D eigenvalue weighted by Gasteiger charge is 2.16. The standard InChI is InChI=1S/C81H134O5/c1-3-5-7-9-11-13-15-17-19-21-23-25-27-29-31-33-35-36-37-38-39-40-41-42-43-44-46-47-49-51-53-55-57-59-61-63-65-67-69-71-73-75-80(83)85-78-79(77-82)86-81(84)76-74-72-70-68-66-64-62-60-58-56-54-52-50-48-45-34-32-30-28-26-24-22-20-18-16-14-12-10-8-6-4-2/h5-8,11-14,17-20,23-26,29-32,35-36,45,48,52,54,79,82H,3-4,9-10,15-16,21-22,27-28,33-34,37-44,46-47,49-51,53,55-78H2,1-2H3/b7-5-,8-6-,13-11-,14-12-,19-17-,20-18-,25-23-,26-24-,31-29-,32-30-,36-35-,48-45-,54-52-. The minimum Gasteiger partial charge on any atom is -0.462 e. The molecular weight excluding hydrogens is 1050 g/mol. The molecule has 0 aliphatic heterocycles. The van der Waals surface area contributed by atoms with Crippen molar-refractivity contribution in [1.29, 1.82) is 0 Å². The summed E-state index contributed by atoms with van der Waals surface area (Å²) >= 11 is 0. The fourth-order valence-electron chi connectivity index (χ4n) is 10.0. The lowest BCUT2D eigenvalue weighted by atomic mass is 10.0. The maximum absolute atomic E-state index is 12.4. The molecule has 1 atom stereocenters. The van der Waals surface area contributed by atoms with E-state index >= 15 is 0 Å². The van der Waals surface area contributed by atoms with Gasteiger partial charge in [0.05, 0.1) is 6.61 Å². The van der Waals surface area contributed by atoms with Crippen LogP contribution in [-0.2, 0) is 19.1 Å². The van der Waals surface area contributed by atoms with Crippen molar-refractivity contribution < 1.29 is 24.2 Å². The van der Waals surface area contributed by atoms with Crippen molar-refractivity contribution in [3.8, 4) is 0 Å². The molecule has 86 heavy (non-hydrogen) atoms. The normalized spacial score (nSPS) is 13.2. The number of esters is 2. The average molecular weight is 1190 g/mol. The zero-order valence-corrected chi connectivity index (χ0v) is 56.0. The summed E-state index contributed by atoms with van der Waals surface area (Å²) in [7, 11) is 0. The highest BCUT2D eigenvalue weighted by Crippen LogP contribution is 2.17. The fourth-order valence-corrected chi connectivity index (χ4v) is 10.0. The molecule has 0 fully saturated rings. The van der Waals surface area contributed by atoms with E-state index in [0.717, 1.165) is 128 Å². The van der Waals surface area contributed by atoms with Crippen LogP contribution in [0, 0.1) is 0 Å². The minimum atomic E-state index is -0.785. The molecule has 0 spiro atoms. The Morgan fingerprint density at radius 3 is 0.698 bits per heavy atom. The molecule has 0 rings (SSSR count). The van der Waals surface area contributed by atoms with Crippen molar-refractivity contribution in [3.63, 3.8) is 0 Å². The Labute approximate surface area is 532 Å². The summed E-state index contributed by atoms with van der Waals surface area (Å²) in [5.74, 6) is -0.594. The summed E-state index contributed by atoms with van der Waals surface area (Å²) in [5, 5.41) is 9.71. The number of aliphatic hydroxyl groups excluding tert-OH is 1. The minimum absolute atomic E-state index is 0.0729. The average Bonchev–Trinajstić information content (AvgIpc) is 3.55. The van der Waals surface area contributed by atoms with Crippen LogP contribution in [0.5, 0.6) is 0 Å². The first-order valence-corrected chi connectivity index (χ1v) is 36.0. The third kappa shape index (κ3) is 72.0. The Morgan fingerprint density at radius 1 is 0.267 bits per heavy atom. The van der Waals surface area contributed by atoms with E-state index in [2.05, 4.69) is 172 Å². The van der Waals surface area contributed by atoms with E-state index in [-0.39, 0.29) is 25.2 Å². The van der Waals surface area contributed by atoms with Crippen molar-refractivity contribution >= 4 is 11.9 Å². The molecular formula is C81H134O5. The van der Waals surface area contributed by atoms with Gasteiger partial charge in [-0.05, 0) is 122 Å². The van der Waals surface area contributed by atoms with E-state index in [9.17, 15) is 14.7 Å². The zero-order valence-electron chi connectivity index (χ0n) is 56.0. The number of hydrogen-bond acceptors (Lipinski definition) is 5. The maximum Gasteiger partial charge on any atom is 0.306 e. The number of unbranched alkanes of at least 4 members (excludes halogenated alkanes) is 31. The molecule has 0 aliphatic carbocycles. The fraction of sp³-hybridized carbons (Fsp3) is 0.654. The van der Waals surface area contributed by atoms with Gasteiger partial charge in [-0.3, -0.25) is 9.59 Å². The SMILES string of the molecule is CC/C=C\C/C=C\C/C=C\C/C=C\C/C=C\C/C=C\C/C=C\CCCCCCCCCCCC(=O)OC(CO)COC(=O)CCCCCCCCCCCCCCCCCCCCCCCC/C=C\C/C=C\C/C=C\C/C=C\C/C=C\C/C=C\CC. The van der Waals surface area contributed by atoms with Gasteiger partial charge in [-0.1, -0.05) is 345 Å². The molecule has 1 N–H and O–H groups in total. The highest BCUT2D eigenvalue weighted by atomic mass is 16.6. The second kappa shape index (κ2) is 74.8. The van der Waals surface area contributed by atoms with Gasteiger partial charge in [-0.2, -0.15) is 0 Å². The molecule has 0 aromatic carbocycles. The van der Waals surface area contributed by atoms with Gasteiger partial charge in [0.1, 0.15) is 6.61 Å². The second-order valence-electron chi connectivity index (χ2n) is 23.6.